The molecule has 1 amide bonds. The second-order valence-electron chi connectivity index (χ2n) is 5.98. The van der Waals surface area contributed by atoms with Gasteiger partial charge in [0.25, 0.3) is 5.91 Å². The van der Waals surface area contributed by atoms with Gasteiger partial charge in [-0.2, -0.15) is 0 Å². The third kappa shape index (κ3) is 5.31. The maximum atomic E-state index is 12.5. The SMILES string of the molecule is CCC(C)NC(=O)c1cccc(S(=O)(=O)NCc2ccc(OC)cc2)c1. The summed E-state index contributed by atoms with van der Waals surface area (Å²) in [5.74, 6) is 0.420. The van der Waals surface area contributed by atoms with Gasteiger partial charge in [-0.3, -0.25) is 4.79 Å². The quantitative estimate of drug-likeness (QED) is 0.742. The highest BCUT2D eigenvalue weighted by molar-refractivity contribution is 7.89. The van der Waals surface area contributed by atoms with E-state index < -0.39 is 10.0 Å². The molecule has 2 aromatic carbocycles. The standard InChI is InChI=1S/C19H24N2O4S/c1-4-14(2)21-19(22)16-6-5-7-18(12-16)26(23,24)20-13-15-8-10-17(25-3)11-9-15/h5-12,14,20H,4,13H2,1-3H3,(H,21,22). The summed E-state index contributed by atoms with van der Waals surface area (Å²) in [5, 5.41) is 2.83. The highest BCUT2D eigenvalue weighted by Crippen LogP contribution is 2.14. The van der Waals surface area contributed by atoms with Crippen LogP contribution in [0.2, 0.25) is 0 Å². The van der Waals surface area contributed by atoms with Gasteiger partial charge in [0, 0.05) is 18.2 Å². The predicted octanol–water partition coefficient (Wildman–Crippen LogP) is 2.70. The van der Waals surface area contributed by atoms with E-state index in [-0.39, 0.29) is 23.4 Å². The summed E-state index contributed by atoms with van der Waals surface area (Å²) in [6.45, 7) is 4.01. The molecule has 140 valence electrons. The first-order valence-corrected chi connectivity index (χ1v) is 9.87. The number of carbonyl (C=O) groups excluding carboxylic acids is 1. The molecule has 26 heavy (non-hydrogen) atoms. The third-order valence-electron chi connectivity index (χ3n) is 4.02. The van der Waals surface area contributed by atoms with Crippen LogP contribution in [0.5, 0.6) is 5.75 Å². The zero-order valence-electron chi connectivity index (χ0n) is 15.2. The van der Waals surface area contributed by atoms with Crippen LogP contribution >= 0.6 is 0 Å². The van der Waals surface area contributed by atoms with Gasteiger partial charge < -0.3 is 10.1 Å². The van der Waals surface area contributed by atoms with Gasteiger partial charge >= 0.3 is 0 Å². The van der Waals surface area contributed by atoms with E-state index >= 15 is 0 Å². The molecule has 2 rings (SSSR count). The second-order valence-corrected chi connectivity index (χ2v) is 7.75. The molecule has 0 saturated carbocycles. The van der Waals surface area contributed by atoms with Crippen molar-refractivity contribution in [3.63, 3.8) is 0 Å². The van der Waals surface area contributed by atoms with E-state index in [1.54, 1.807) is 43.5 Å². The van der Waals surface area contributed by atoms with E-state index in [0.29, 0.717) is 11.3 Å². The van der Waals surface area contributed by atoms with Crippen molar-refractivity contribution in [1.82, 2.24) is 10.0 Å². The molecule has 0 aromatic heterocycles. The van der Waals surface area contributed by atoms with Gasteiger partial charge in [0.05, 0.1) is 12.0 Å². The van der Waals surface area contributed by atoms with Crippen molar-refractivity contribution in [2.75, 3.05) is 7.11 Å². The Labute approximate surface area is 154 Å². The fourth-order valence-corrected chi connectivity index (χ4v) is 3.28. The smallest absolute Gasteiger partial charge is 0.251 e. The Morgan fingerprint density at radius 1 is 1.15 bits per heavy atom. The summed E-state index contributed by atoms with van der Waals surface area (Å²) in [7, 11) is -2.15. The molecule has 0 aliphatic carbocycles. The van der Waals surface area contributed by atoms with E-state index in [9.17, 15) is 13.2 Å². The molecule has 0 fully saturated rings. The van der Waals surface area contributed by atoms with Crippen LogP contribution in [0.3, 0.4) is 0 Å². The molecule has 0 spiro atoms. The zero-order valence-corrected chi connectivity index (χ0v) is 16.0. The van der Waals surface area contributed by atoms with Crippen molar-refractivity contribution in [2.24, 2.45) is 0 Å². The Kier molecular flexibility index (Phi) is 6.76. The largest absolute Gasteiger partial charge is 0.497 e. The molecule has 7 heteroatoms. The first-order chi connectivity index (χ1) is 12.4. The van der Waals surface area contributed by atoms with Gasteiger partial charge in [0.2, 0.25) is 10.0 Å². The minimum absolute atomic E-state index is 0.0240. The maximum Gasteiger partial charge on any atom is 0.251 e. The Bertz CT molecular complexity index is 848. The molecule has 0 radical (unpaired) electrons. The number of benzene rings is 2. The van der Waals surface area contributed by atoms with Crippen molar-refractivity contribution in [3.05, 3.63) is 59.7 Å². The van der Waals surface area contributed by atoms with Crippen molar-refractivity contribution in [1.29, 1.82) is 0 Å². The third-order valence-corrected chi connectivity index (χ3v) is 5.42. The van der Waals surface area contributed by atoms with Gasteiger partial charge in [0.1, 0.15) is 5.75 Å². The number of hydrogen-bond acceptors (Lipinski definition) is 4. The summed E-state index contributed by atoms with van der Waals surface area (Å²) in [5.41, 5.74) is 1.12. The highest BCUT2D eigenvalue weighted by atomic mass is 32.2. The Balaban J connectivity index is 2.10. The second kappa shape index (κ2) is 8.82. The topological polar surface area (TPSA) is 84.5 Å². The van der Waals surface area contributed by atoms with Crippen LogP contribution in [0, 0.1) is 0 Å². The summed E-state index contributed by atoms with van der Waals surface area (Å²) in [6.07, 6.45) is 0.799. The minimum Gasteiger partial charge on any atom is -0.497 e. The molecular formula is C19H24N2O4S. The first kappa shape index (κ1) is 19.9. The minimum atomic E-state index is -3.73. The number of amides is 1. The number of sulfonamides is 1. The van der Waals surface area contributed by atoms with E-state index in [1.165, 1.54) is 12.1 Å². The van der Waals surface area contributed by atoms with E-state index in [4.69, 9.17) is 4.74 Å². The predicted molar refractivity (Wildman–Crippen MR) is 101 cm³/mol. The van der Waals surface area contributed by atoms with Gasteiger partial charge in [-0.15, -0.1) is 0 Å². The summed E-state index contributed by atoms with van der Waals surface area (Å²) in [4.78, 5) is 12.3. The number of methoxy groups -OCH3 is 1. The van der Waals surface area contributed by atoms with Crippen LogP contribution < -0.4 is 14.8 Å². The molecule has 1 unspecified atom stereocenters. The molecule has 0 saturated heterocycles. The van der Waals surface area contributed by atoms with Crippen LogP contribution in [0.25, 0.3) is 0 Å². The van der Waals surface area contributed by atoms with Crippen LogP contribution in [0.4, 0.5) is 0 Å². The lowest BCUT2D eigenvalue weighted by Crippen LogP contribution is -2.32. The molecule has 2 N–H and O–H groups in total. The average molecular weight is 376 g/mol. The van der Waals surface area contributed by atoms with Crippen molar-refractivity contribution >= 4 is 15.9 Å². The molecule has 0 bridgehead atoms. The van der Waals surface area contributed by atoms with Gasteiger partial charge in [-0.25, -0.2) is 13.1 Å². The van der Waals surface area contributed by atoms with Crippen molar-refractivity contribution in [3.8, 4) is 5.75 Å². The Morgan fingerprint density at radius 3 is 2.46 bits per heavy atom. The van der Waals surface area contributed by atoms with Gasteiger partial charge in [0.15, 0.2) is 0 Å². The van der Waals surface area contributed by atoms with E-state index in [2.05, 4.69) is 10.0 Å². The Hall–Kier alpha value is -2.38. The lowest BCUT2D eigenvalue weighted by molar-refractivity contribution is 0.0939. The summed E-state index contributed by atoms with van der Waals surface area (Å²) < 4.78 is 32.7. The van der Waals surface area contributed by atoms with Gasteiger partial charge in [-0.1, -0.05) is 25.1 Å². The monoisotopic (exact) mass is 376 g/mol. The fourth-order valence-electron chi connectivity index (χ4n) is 2.22. The lowest BCUT2D eigenvalue weighted by Gasteiger charge is -2.12. The van der Waals surface area contributed by atoms with Crippen molar-refractivity contribution in [2.45, 2.75) is 37.8 Å². The fraction of sp³-hybridized carbons (Fsp3) is 0.316. The molecule has 2 aromatic rings. The normalized spacial score (nSPS) is 12.4. The van der Waals surface area contributed by atoms with E-state index in [1.807, 2.05) is 13.8 Å². The van der Waals surface area contributed by atoms with Crippen LogP contribution in [-0.4, -0.2) is 27.5 Å². The number of hydrogen-bond donors (Lipinski definition) is 2. The lowest BCUT2D eigenvalue weighted by atomic mass is 10.2. The zero-order chi connectivity index (χ0) is 19.2. The average Bonchev–Trinajstić information content (AvgIpc) is 2.66. The highest BCUT2D eigenvalue weighted by Gasteiger charge is 2.16. The molecule has 0 aliphatic rings. The number of rotatable bonds is 8. The van der Waals surface area contributed by atoms with Crippen molar-refractivity contribution < 1.29 is 17.9 Å². The molecule has 6 nitrogen and oxygen atoms in total. The van der Waals surface area contributed by atoms with Crippen LogP contribution in [0.15, 0.2) is 53.4 Å². The molecule has 1 atom stereocenters. The summed E-state index contributed by atoms with van der Waals surface area (Å²) in [6, 6.07) is 13.1. The number of ether oxygens (including phenoxy) is 1. The van der Waals surface area contributed by atoms with E-state index in [0.717, 1.165) is 12.0 Å². The van der Waals surface area contributed by atoms with Crippen LogP contribution in [-0.2, 0) is 16.6 Å². The molecule has 0 aliphatic heterocycles. The first-order valence-electron chi connectivity index (χ1n) is 8.39. The molecular weight excluding hydrogens is 352 g/mol. The van der Waals surface area contributed by atoms with Crippen LogP contribution in [0.1, 0.15) is 36.2 Å². The number of nitrogens with one attached hydrogen (secondary N) is 2. The van der Waals surface area contributed by atoms with Gasteiger partial charge in [-0.05, 0) is 49.2 Å². The number of carbonyl (C=O) groups is 1. The Morgan fingerprint density at radius 2 is 1.85 bits per heavy atom. The summed E-state index contributed by atoms with van der Waals surface area (Å²) >= 11 is 0. The maximum absolute atomic E-state index is 12.5. The molecule has 0 heterocycles.